The third-order valence-electron chi connectivity index (χ3n) is 7.23. The van der Waals surface area contributed by atoms with Crippen molar-refractivity contribution < 1.29 is 0 Å². The molecule has 0 aromatic heterocycles. The molecule has 0 atom stereocenters. The molecule has 0 unspecified atom stereocenters. The van der Waals surface area contributed by atoms with Gasteiger partial charge in [0.05, 0.1) is 16.4 Å². The van der Waals surface area contributed by atoms with Gasteiger partial charge in [-0.3, -0.25) is 0 Å². The van der Waals surface area contributed by atoms with Gasteiger partial charge in [0.2, 0.25) is 0 Å². The van der Waals surface area contributed by atoms with Crippen molar-refractivity contribution in [2.24, 2.45) is 0 Å². The maximum absolute atomic E-state index is 7.40. The summed E-state index contributed by atoms with van der Waals surface area (Å²) >= 11 is 7.40. The monoisotopic (exact) mass is 520 g/mol. The average molecular weight is 521 g/mol. The lowest BCUT2D eigenvalue weighted by molar-refractivity contribution is 1.25. The number of benzene rings is 6. The fourth-order valence-electron chi connectivity index (χ4n) is 5.47. The molecule has 1 aliphatic heterocycles. The smallest absolute Gasteiger partial charge is 0.0887 e. The van der Waals surface area contributed by atoms with Gasteiger partial charge < -0.3 is 9.80 Å². The van der Waals surface area contributed by atoms with Gasteiger partial charge in [0.15, 0.2) is 0 Å². The standard InChI is InChI=1S/C36H25ClN2/c37-36-34-22-11-23-35(36)39(29-16-5-2-6-17-29)31-19-10-13-27(25-31)33-21-8-7-20-32(33)26-12-9-18-30(24-26)38(34)28-14-3-1-4-15-28/h1-25H. The van der Waals surface area contributed by atoms with Gasteiger partial charge in [-0.1, -0.05) is 103 Å². The molecule has 0 spiro atoms. The summed E-state index contributed by atoms with van der Waals surface area (Å²) < 4.78 is 0. The van der Waals surface area contributed by atoms with Crippen LogP contribution in [0.3, 0.4) is 0 Å². The first-order chi connectivity index (χ1) is 19.3. The highest BCUT2D eigenvalue weighted by Crippen LogP contribution is 2.48. The number of anilines is 6. The highest BCUT2D eigenvalue weighted by atomic mass is 35.5. The maximum Gasteiger partial charge on any atom is 0.0887 e. The normalized spacial score (nSPS) is 12.1. The van der Waals surface area contributed by atoms with Gasteiger partial charge in [-0.2, -0.15) is 0 Å². The second-order valence-electron chi connectivity index (χ2n) is 9.60. The Bertz CT molecular complexity index is 1650. The lowest BCUT2D eigenvalue weighted by Crippen LogP contribution is -2.14. The molecule has 0 aliphatic carbocycles. The highest BCUT2D eigenvalue weighted by Gasteiger charge is 2.23. The van der Waals surface area contributed by atoms with Crippen molar-refractivity contribution in [3.05, 3.63) is 157 Å². The Morgan fingerprint density at radius 2 is 0.744 bits per heavy atom. The molecule has 0 saturated carbocycles. The molecule has 3 heteroatoms. The van der Waals surface area contributed by atoms with Crippen LogP contribution < -0.4 is 9.80 Å². The average Bonchev–Trinajstić information content (AvgIpc) is 3.00. The van der Waals surface area contributed by atoms with Crippen LogP contribution in [0.25, 0.3) is 22.3 Å². The van der Waals surface area contributed by atoms with Gasteiger partial charge in [-0.05, 0) is 82.9 Å². The third-order valence-corrected chi connectivity index (χ3v) is 7.61. The maximum atomic E-state index is 7.40. The number of hydrogen-bond acceptors (Lipinski definition) is 2. The van der Waals surface area contributed by atoms with Crippen LogP contribution in [0, 0.1) is 0 Å². The van der Waals surface area contributed by atoms with Gasteiger partial charge in [0.25, 0.3) is 0 Å². The van der Waals surface area contributed by atoms with E-state index >= 15 is 0 Å². The van der Waals surface area contributed by atoms with E-state index in [1.165, 1.54) is 11.1 Å². The van der Waals surface area contributed by atoms with Crippen LogP contribution in [0.2, 0.25) is 5.02 Å². The van der Waals surface area contributed by atoms with Crippen molar-refractivity contribution in [3.63, 3.8) is 0 Å². The molecule has 0 fully saturated rings. The molecule has 1 heterocycles. The van der Waals surface area contributed by atoms with Crippen molar-refractivity contribution in [2.45, 2.75) is 0 Å². The van der Waals surface area contributed by atoms with Gasteiger partial charge >= 0.3 is 0 Å². The van der Waals surface area contributed by atoms with Crippen LogP contribution in [0.4, 0.5) is 34.1 Å². The topological polar surface area (TPSA) is 6.48 Å². The van der Waals surface area contributed by atoms with Gasteiger partial charge in [0, 0.05) is 22.7 Å². The Hall–Kier alpha value is -4.79. The second kappa shape index (κ2) is 9.83. The fraction of sp³-hybridized carbons (Fsp3) is 0. The number of halogens is 1. The van der Waals surface area contributed by atoms with E-state index < -0.39 is 0 Å². The summed E-state index contributed by atoms with van der Waals surface area (Å²) in [6, 6.07) is 53.2. The van der Waals surface area contributed by atoms with E-state index in [0.29, 0.717) is 5.02 Å². The van der Waals surface area contributed by atoms with E-state index in [9.17, 15) is 0 Å². The lowest BCUT2D eigenvalue weighted by atomic mass is 9.94. The molecule has 6 aromatic carbocycles. The van der Waals surface area contributed by atoms with Crippen molar-refractivity contribution in [3.8, 4) is 22.3 Å². The van der Waals surface area contributed by atoms with Crippen molar-refractivity contribution in [2.75, 3.05) is 9.80 Å². The fourth-order valence-corrected chi connectivity index (χ4v) is 5.77. The van der Waals surface area contributed by atoms with Crippen LogP contribution in [0.1, 0.15) is 0 Å². The zero-order chi connectivity index (χ0) is 26.2. The summed E-state index contributed by atoms with van der Waals surface area (Å²) in [6.45, 7) is 0. The first-order valence-electron chi connectivity index (χ1n) is 13.1. The quantitative estimate of drug-likeness (QED) is 0.223. The van der Waals surface area contributed by atoms with Crippen LogP contribution in [0.15, 0.2) is 152 Å². The van der Waals surface area contributed by atoms with Crippen molar-refractivity contribution in [1.82, 2.24) is 0 Å². The third kappa shape index (κ3) is 4.16. The van der Waals surface area contributed by atoms with Gasteiger partial charge in [-0.25, -0.2) is 0 Å². The summed E-state index contributed by atoms with van der Waals surface area (Å²) in [6.07, 6.45) is 0. The summed E-state index contributed by atoms with van der Waals surface area (Å²) in [4.78, 5) is 4.49. The zero-order valence-corrected chi connectivity index (χ0v) is 22.0. The van der Waals surface area contributed by atoms with Gasteiger partial charge in [0.1, 0.15) is 0 Å². The molecule has 2 nitrogen and oxygen atoms in total. The molecule has 0 N–H and O–H groups in total. The minimum absolute atomic E-state index is 0.678. The molecule has 39 heavy (non-hydrogen) atoms. The number of fused-ring (bicyclic) bond motifs is 9. The molecule has 6 bridgehead atoms. The minimum Gasteiger partial charge on any atom is -0.309 e. The second-order valence-corrected chi connectivity index (χ2v) is 9.98. The van der Waals surface area contributed by atoms with E-state index in [0.717, 1.165) is 45.3 Å². The predicted molar refractivity (Wildman–Crippen MR) is 165 cm³/mol. The molecule has 186 valence electrons. The number of nitrogens with zero attached hydrogens (tertiary/aromatic N) is 2. The molecule has 6 aromatic rings. The number of rotatable bonds is 2. The number of hydrogen-bond donors (Lipinski definition) is 0. The summed E-state index contributed by atoms with van der Waals surface area (Å²) in [5.41, 5.74) is 10.7. The summed E-state index contributed by atoms with van der Waals surface area (Å²) in [5, 5.41) is 0.678. The Kier molecular flexibility index (Phi) is 5.88. The van der Waals surface area contributed by atoms with Crippen LogP contribution >= 0.6 is 11.6 Å². The van der Waals surface area contributed by atoms with E-state index in [-0.39, 0.29) is 0 Å². The largest absolute Gasteiger partial charge is 0.309 e. The summed E-state index contributed by atoms with van der Waals surface area (Å²) in [7, 11) is 0. The molecule has 0 saturated heterocycles. The Labute approximate surface area is 234 Å². The molecular weight excluding hydrogens is 496 g/mol. The Morgan fingerprint density at radius 3 is 1.21 bits per heavy atom. The van der Waals surface area contributed by atoms with Crippen molar-refractivity contribution in [1.29, 1.82) is 0 Å². The molecule has 7 rings (SSSR count). The predicted octanol–water partition coefficient (Wildman–Crippen LogP) is 10.9. The number of para-hydroxylation sites is 2. The highest BCUT2D eigenvalue weighted by molar-refractivity contribution is 6.36. The van der Waals surface area contributed by atoms with Gasteiger partial charge in [-0.15, -0.1) is 0 Å². The molecule has 1 aliphatic rings. The summed E-state index contributed by atoms with van der Waals surface area (Å²) in [5.74, 6) is 0. The molecule has 0 amide bonds. The SMILES string of the molecule is Clc1c2cccc1N(c1ccccc1)c1cccc(c1)-c1ccccc1-c1cccc(c1)N2c1ccccc1. The first-order valence-corrected chi connectivity index (χ1v) is 13.4. The molecule has 0 radical (unpaired) electrons. The van der Waals surface area contributed by atoms with E-state index in [2.05, 4.69) is 149 Å². The Morgan fingerprint density at radius 1 is 0.359 bits per heavy atom. The minimum atomic E-state index is 0.678. The van der Waals surface area contributed by atoms with Crippen LogP contribution in [0.5, 0.6) is 0 Å². The van der Waals surface area contributed by atoms with E-state index in [1.807, 2.05) is 12.1 Å². The van der Waals surface area contributed by atoms with E-state index in [4.69, 9.17) is 11.6 Å². The molecular formula is C36H25ClN2. The van der Waals surface area contributed by atoms with E-state index in [1.54, 1.807) is 0 Å². The zero-order valence-electron chi connectivity index (χ0n) is 21.2. The van der Waals surface area contributed by atoms with Crippen molar-refractivity contribution >= 4 is 45.7 Å². The van der Waals surface area contributed by atoms with Crippen LogP contribution in [-0.4, -0.2) is 0 Å². The Balaban J connectivity index is 1.60. The van der Waals surface area contributed by atoms with Crippen LogP contribution in [-0.2, 0) is 0 Å². The lowest BCUT2D eigenvalue weighted by Gasteiger charge is -2.31. The first kappa shape index (κ1) is 23.3.